The molecular weight excluding hydrogens is 447 g/mol. The van der Waals surface area contributed by atoms with E-state index in [4.69, 9.17) is 13.6 Å². The second kappa shape index (κ2) is 17.5. The number of rotatable bonds is 20. The number of phosphoric acid groups is 1. The van der Waals surface area contributed by atoms with Crippen LogP contribution in [0.4, 0.5) is 0 Å². The monoisotopic (exact) mass is 498 g/mol. The standard InChI is InChI=1S/C28H51O5P/c1-7-12-15-24(10-4)21-31-34(30,32-22-25(11-5)16-13-8-2)33-28(17-14-9-3)26-18-19-27(29)23(6)20-26/h18-20,24-25,28-29H,7-17,21-22H2,1-6H3. The highest BCUT2D eigenvalue weighted by atomic mass is 31.2. The van der Waals surface area contributed by atoms with E-state index in [1.54, 1.807) is 6.07 Å². The molecule has 1 aromatic rings. The zero-order chi connectivity index (χ0) is 25.4. The summed E-state index contributed by atoms with van der Waals surface area (Å²) in [6.45, 7) is 13.4. The van der Waals surface area contributed by atoms with Gasteiger partial charge in [0.2, 0.25) is 0 Å². The number of hydrogen-bond acceptors (Lipinski definition) is 5. The Morgan fingerprint density at radius 1 is 0.824 bits per heavy atom. The van der Waals surface area contributed by atoms with Crippen LogP contribution in [0, 0.1) is 18.8 Å². The predicted octanol–water partition coefficient (Wildman–Crippen LogP) is 9.52. The maximum Gasteiger partial charge on any atom is 0.475 e. The Morgan fingerprint density at radius 2 is 1.32 bits per heavy atom. The number of hydrogen-bond donors (Lipinski definition) is 1. The molecule has 1 aromatic carbocycles. The average Bonchev–Trinajstić information content (AvgIpc) is 2.84. The van der Waals surface area contributed by atoms with Gasteiger partial charge in [-0.25, -0.2) is 4.57 Å². The van der Waals surface area contributed by atoms with Crippen molar-refractivity contribution in [2.45, 2.75) is 118 Å². The zero-order valence-electron chi connectivity index (χ0n) is 22.7. The van der Waals surface area contributed by atoms with Crippen LogP contribution in [0.1, 0.15) is 122 Å². The number of aromatic hydroxyl groups is 1. The molecule has 198 valence electrons. The van der Waals surface area contributed by atoms with E-state index in [0.29, 0.717) is 25.0 Å². The molecular formula is C28H51O5P. The van der Waals surface area contributed by atoms with Crippen LogP contribution in [-0.4, -0.2) is 18.3 Å². The second-order valence-electron chi connectivity index (χ2n) is 9.65. The van der Waals surface area contributed by atoms with Crippen LogP contribution in [-0.2, 0) is 18.1 Å². The molecule has 0 saturated heterocycles. The van der Waals surface area contributed by atoms with Crippen LogP contribution in [0.5, 0.6) is 5.75 Å². The minimum absolute atomic E-state index is 0.247. The van der Waals surface area contributed by atoms with Crippen molar-refractivity contribution in [1.29, 1.82) is 0 Å². The van der Waals surface area contributed by atoms with Crippen LogP contribution in [0.2, 0.25) is 0 Å². The summed E-state index contributed by atoms with van der Waals surface area (Å²) in [7, 11) is -3.77. The van der Waals surface area contributed by atoms with Crippen molar-refractivity contribution in [1.82, 2.24) is 0 Å². The van der Waals surface area contributed by atoms with Gasteiger partial charge in [-0.1, -0.05) is 92.1 Å². The van der Waals surface area contributed by atoms with Crippen LogP contribution >= 0.6 is 7.82 Å². The smallest absolute Gasteiger partial charge is 0.475 e. The van der Waals surface area contributed by atoms with Gasteiger partial charge in [0.25, 0.3) is 0 Å². The fourth-order valence-corrected chi connectivity index (χ4v) is 5.51. The lowest BCUT2D eigenvalue weighted by atomic mass is 10.0. The summed E-state index contributed by atoms with van der Waals surface area (Å²) in [4.78, 5) is 0. The number of phenolic OH excluding ortho intramolecular Hbond substituents is 1. The quantitative estimate of drug-likeness (QED) is 0.181. The van der Waals surface area contributed by atoms with Crippen molar-refractivity contribution in [2.75, 3.05) is 13.2 Å². The molecule has 3 atom stereocenters. The van der Waals surface area contributed by atoms with Crippen LogP contribution in [0.3, 0.4) is 0 Å². The first kappa shape index (κ1) is 31.2. The number of unbranched alkanes of at least 4 members (excludes halogenated alkanes) is 3. The minimum Gasteiger partial charge on any atom is -0.508 e. The summed E-state index contributed by atoms with van der Waals surface area (Å²) >= 11 is 0. The normalized spacial score (nSPS) is 16.2. The van der Waals surface area contributed by atoms with Crippen molar-refractivity contribution >= 4 is 7.82 Å². The zero-order valence-corrected chi connectivity index (χ0v) is 23.6. The van der Waals surface area contributed by atoms with Gasteiger partial charge in [-0.05, 0) is 61.3 Å². The molecule has 1 N–H and O–H groups in total. The van der Waals surface area contributed by atoms with E-state index in [9.17, 15) is 9.67 Å². The highest BCUT2D eigenvalue weighted by molar-refractivity contribution is 7.48. The first-order chi connectivity index (χ1) is 16.3. The molecule has 0 fully saturated rings. The van der Waals surface area contributed by atoms with Crippen molar-refractivity contribution in [3.63, 3.8) is 0 Å². The van der Waals surface area contributed by atoms with E-state index >= 15 is 0 Å². The van der Waals surface area contributed by atoms with Crippen LogP contribution < -0.4 is 0 Å². The van der Waals surface area contributed by atoms with Gasteiger partial charge in [0.15, 0.2) is 0 Å². The van der Waals surface area contributed by atoms with E-state index in [0.717, 1.165) is 81.8 Å². The molecule has 0 heterocycles. The summed E-state index contributed by atoms with van der Waals surface area (Å²) in [5.74, 6) is 0.928. The van der Waals surface area contributed by atoms with E-state index < -0.39 is 13.9 Å². The molecule has 0 radical (unpaired) electrons. The topological polar surface area (TPSA) is 65.0 Å². The highest BCUT2D eigenvalue weighted by Crippen LogP contribution is 2.55. The SMILES string of the molecule is CCCCC(CC)COP(=O)(OCC(CC)CCCC)OC(CCCC)c1ccc(O)c(C)c1. The first-order valence-corrected chi connectivity index (χ1v) is 15.1. The summed E-state index contributed by atoms with van der Waals surface area (Å²) in [6.07, 6.45) is 10.9. The van der Waals surface area contributed by atoms with Crippen molar-refractivity contribution in [2.24, 2.45) is 11.8 Å². The average molecular weight is 499 g/mol. The maximum absolute atomic E-state index is 14.0. The summed E-state index contributed by atoms with van der Waals surface area (Å²) in [6, 6.07) is 5.43. The van der Waals surface area contributed by atoms with E-state index in [-0.39, 0.29) is 5.75 Å². The molecule has 0 aliphatic rings. The predicted molar refractivity (Wildman–Crippen MR) is 142 cm³/mol. The fraction of sp³-hybridized carbons (Fsp3) is 0.786. The van der Waals surface area contributed by atoms with Gasteiger partial charge in [0.05, 0.1) is 19.3 Å². The molecule has 0 aromatic heterocycles. The minimum atomic E-state index is -3.77. The molecule has 34 heavy (non-hydrogen) atoms. The van der Waals surface area contributed by atoms with Crippen LogP contribution in [0.25, 0.3) is 0 Å². The lowest BCUT2D eigenvalue weighted by Gasteiger charge is -2.27. The van der Waals surface area contributed by atoms with E-state index in [1.165, 1.54) is 0 Å². The Labute approximate surface area is 209 Å². The lowest BCUT2D eigenvalue weighted by molar-refractivity contribution is 0.0538. The third-order valence-corrected chi connectivity index (χ3v) is 8.14. The highest BCUT2D eigenvalue weighted by Gasteiger charge is 2.33. The van der Waals surface area contributed by atoms with Gasteiger partial charge in [-0.15, -0.1) is 0 Å². The molecule has 0 aliphatic heterocycles. The first-order valence-electron chi connectivity index (χ1n) is 13.7. The molecule has 0 bridgehead atoms. The summed E-state index contributed by atoms with van der Waals surface area (Å²) < 4.78 is 32.3. The van der Waals surface area contributed by atoms with Gasteiger partial charge in [0, 0.05) is 0 Å². The number of phosphoric ester groups is 1. The van der Waals surface area contributed by atoms with Crippen molar-refractivity contribution < 1.29 is 23.2 Å². The maximum atomic E-state index is 14.0. The molecule has 0 aliphatic carbocycles. The Hall–Kier alpha value is -0.870. The van der Waals surface area contributed by atoms with Gasteiger partial charge >= 0.3 is 7.82 Å². The van der Waals surface area contributed by atoms with Gasteiger partial charge in [0.1, 0.15) is 5.75 Å². The van der Waals surface area contributed by atoms with Gasteiger partial charge < -0.3 is 5.11 Å². The Bertz CT molecular complexity index is 684. The number of aryl methyl sites for hydroxylation is 1. The van der Waals surface area contributed by atoms with Crippen LogP contribution in [0.15, 0.2) is 18.2 Å². The van der Waals surface area contributed by atoms with E-state index in [2.05, 4.69) is 34.6 Å². The molecule has 5 nitrogen and oxygen atoms in total. The Balaban J connectivity index is 3.09. The Morgan fingerprint density at radius 3 is 1.76 bits per heavy atom. The van der Waals surface area contributed by atoms with Crippen molar-refractivity contribution in [3.8, 4) is 5.75 Å². The molecule has 0 saturated carbocycles. The Kier molecular flexibility index (Phi) is 16.1. The number of benzene rings is 1. The van der Waals surface area contributed by atoms with Crippen molar-refractivity contribution in [3.05, 3.63) is 29.3 Å². The molecule has 1 rings (SSSR count). The van der Waals surface area contributed by atoms with Gasteiger partial charge in [-0.3, -0.25) is 13.6 Å². The molecule has 6 heteroatoms. The molecule has 0 spiro atoms. The summed E-state index contributed by atoms with van der Waals surface area (Å²) in [5, 5.41) is 9.98. The van der Waals surface area contributed by atoms with E-state index in [1.807, 2.05) is 19.1 Å². The third-order valence-electron chi connectivity index (χ3n) is 6.69. The number of phenols is 1. The summed E-state index contributed by atoms with van der Waals surface area (Å²) in [5.41, 5.74) is 1.67. The molecule has 0 amide bonds. The second-order valence-corrected chi connectivity index (χ2v) is 11.3. The third kappa shape index (κ3) is 11.7. The fourth-order valence-electron chi connectivity index (χ4n) is 3.99. The van der Waals surface area contributed by atoms with Gasteiger partial charge in [-0.2, -0.15) is 0 Å². The lowest BCUT2D eigenvalue weighted by Crippen LogP contribution is -2.15. The largest absolute Gasteiger partial charge is 0.508 e. The molecule has 3 unspecified atom stereocenters.